The Morgan fingerprint density at radius 3 is 1.50 bits per heavy atom. The third kappa shape index (κ3) is 2.28. The molecule has 6 rings (SSSR count). The van der Waals surface area contributed by atoms with Crippen molar-refractivity contribution in [3.8, 4) is 22.3 Å². The van der Waals surface area contributed by atoms with Crippen molar-refractivity contribution in [1.29, 1.82) is 0 Å². The largest absolute Gasteiger partial charge is 0.102 e. The van der Waals surface area contributed by atoms with Crippen LogP contribution in [0, 0.1) is 0 Å². The second-order valence-electron chi connectivity index (χ2n) is 8.74. The summed E-state index contributed by atoms with van der Waals surface area (Å²) < 4.78 is 0. The minimum atomic E-state index is -0.235. The molecule has 0 aliphatic heterocycles. The molecule has 30 heavy (non-hydrogen) atoms. The van der Waals surface area contributed by atoms with Crippen LogP contribution in [0.1, 0.15) is 40.3 Å². The van der Waals surface area contributed by atoms with E-state index in [1.54, 1.807) is 0 Å². The first-order valence-corrected chi connectivity index (χ1v) is 10.8. The van der Waals surface area contributed by atoms with Gasteiger partial charge < -0.3 is 0 Å². The maximum Gasteiger partial charge on any atom is 0.0357 e. The first kappa shape index (κ1) is 17.5. The zero-order valence-electron chi connectivity index (χ0n) is 17.3. The third-order valence-corrected chi connectivity index (χ3v) is 7.23. The van der Waals surface area contributed by atoms with Crippen molar-refractivity contribution >= 4 is 0 Å². The van der Waals surface area contributed by atoms with Crippen molar-refractivity contribution in [2.45, 2.75) is 25.2 Å². The molecule has 0 saturated carbocycles. The van der Waals surface area contributed by atoms with E-state index in [0.29, 0.717) is 0 Å². The van der Waals surface area contributed by atoms with Crippen LogP contribution in [0.4, 0.5) is 0 Å². The summed E-state index contributed by atoms with van der Waals surface area (Å²) in [5, 5.41) is 0. The van der Waals surface area contributed by atoms with Gasteiger partial charge in [-0.1, -0.05) is 91.0 Å². The fourth-order valence-electron chi connectivity index (χ4n) is 5.65. The van der Waals surface area contributed by atoms with Crippen LogP contribution in [0.3, 0.4) is 0 Å². The fourth-order valence-corrected chi connectivity index (χ4v) is 5.65. The molecular formula is C30H24. The molecule has 0 heteroatoms. The van der Waals surface area contributed by atoms with Gasteiger partial charge in [-0.2, -0.15) is 0 Å². The first-order valence-electron chi connectivity index (χ1n) is 10.8. The van der Waals surface area contributed by atoms with Crippen molar-refractivity contribution in [2.75, 3.05) is 0 Å². The summed E-state index contributed by atoms with van der Waals surface area (Å²) in [6, 6.07) is 31.3. The van der Waals surface area contributed by atoms with Gasteiger partial charge >= 0.3 is 0 Å². The van der Waals surface area contributed by atoms with E-state index in [0.717, 1.165) is 12.8 Å². The van der Waals surface area contributed by atoms with Gasteiger partial charge in [0, 0.05) is 5.41 Å². The molecule has 0 atom stereocenters. The molecule has 0 saturated heterocycles. The Morgan fingerprint density at radius 1 is 0.600 bits per heavy atom. The van der Waals surface area contributed by atoms with Crippen LogP contribution in [0.5, 0.6) is 0 Å². The Kier molecular flexibility index (Phi) is 3.67. The number of allylic oxidation sites excluding steroid dienone is 1. The van der Waals surface area contributed by atoms with Gasteiger partial charge in [-0.15, -0.1) is 6.58 Å². The highest BCUT2D eigenvalue weighted by atomic mass is 14.4. The van der Waals surface area contributed by atoms with Gasteiger partial charge in [0.2, 0.25) is 0 Å². The Bertz CT molecular complexity index is 1220. The maximum atomic E-state index is 4.33. The van der Waals surface area contributed by atoms with Crippen LogP contribution in [-0.4, -0.2) is 0 Å². The normalized spacial score (nSPS) is 13.4. The molecule has 144 valence electrons. The molecule has 0 heterocycles. The van der Waals surface area contributed by atoms with Gasteiger partial charge in [-0.25, -0.2) is 0 Å². The monoisotopic (exact) mass is 384 g/mol. The van der Waals surface area contributed by atoms with Crippen molar-refractivity contribution in [3.63, 3.8) is 0 Å². The molecule has 0 N–H and O–H groups in total. The first-order chi connectivity index (χ1) is 14.7. The lowest BCUT2D eigenvalue weighted by atomic mass is 9.71. The van der Waals surface area contributed by atoms with Crippen molar-refractivity contribution in [2.24, 2.45) is 0 Å². The Morgan fingerprint density at radius 2 is 1.03 bits per heavy atom. The molecule has 0 aromatic heterocycles. The predicted molar refractivity (Wildman–Crippen MR) is 126 cm³/mol. The molecular weight excluding hydrogens is 360 g/mol. The van der Waals surface area contributed by atoms with Crippen molar-refractivity contribution in [3.05, 3.63) is 131 Å². The maximum absolute atomic E-state index is 4.33. The predicted octanol–water partition coefficient (Wildman–Crippen LogP) is 7.32. The molecule has 4 aromatic carbocycles. The van der Waals surface area contributed by atoms with Gasteiger partial charge in [0.05, 0.1) is 0 Å². The van der Waals surface area contributed by atoms with Crippen LogP contribution < -0.4 is 0 Å². The Labute approximate surface area is 178 Å². The number of benzene rings is 4. The molecule has 0 bridgehead atoms. The smallest absolute Gasteiger partial charge is 0.0357 e. The summed E-state index contributed by atoms with van der Waals surface area (Å²) in [7, 11) is 0. The molecule has 0 radical (unpaired) electrons. The van der Waals surface area contributed by atoms with Crippen LogP contribution in [0.2, 0.25) is 0 Å². The topological polar surface area (TPSA) is 0 Å². The van der Waals surface area contributed by atoms with Crippen LogP contribution in [0.15, 0.2) is 97.6 Å². The number of rotatable bonds is 3. The molecule has 2 aliphatic carbocycles. The van der Waals surface area contributed by atoms with E-state index in [9.17, 15) is 0 Å². The quantitative estimate of drug-likeness (QED) is 0.280. The average Bonchev–Trinajstić information content (AvgIpc) is 3.36. The second-order valence-corrected chi connectivity index (χ2v) is 8.74. The molecule has 0 nitrogen and oxygen atoms in total. The van der Waals surface area contributed by atoms with E-state index >= 15 is 0 Å². The molecule has 4 aromatic rings. The summed E-state index contributed by atoms with van der Waals surface area (Å²) in [5.74, 6) is 0. The van der Waals surface area contributed by atoms with E-state index < -0.39 is 0 Å². The molecule has 0 fully saturated rings. The van der Waals surface area contributed by atoms with Gasteiger partial charge in [0.25, 0.3) is 0 Å². The summed E-state index contributed by atoms with van der Waals surface area (Å²) >= 11 is 0. The highest BCUT2D eigenvalue weighted by molar-refractivity contribution is 5.81. The van der Waals surface area contributed by atoms with Gasteiger partial charge in [-0.05, 0) is 75.4 Å². The van der Waals surface area contributed by atoms with Crippen molar-refractivity contribution < 1.29 is 0 Å². The molecule has 2 aliphatic rings. The Balaban J connectivity index is 1.56. The molecule has 0 spiro atoms. The lowest BCUT2D eigenvalue weighted by Crippen LogP contribution is -2.24. The number of fused-ring (bicyclic) bond motifs is 6. The van der Waals surface area contributed by atoms with Crippen LogP contribution in [-0.2, 0) is 18.3 Å². The Hall–Kier alpha value is -3.38. The van der Waals surface area contributed by atoms with Gasteiger partial charge in [-0.3, -0.25) is 0 Å². The zero-order valence-corrected chi connectivity index (χ0v) is 17.3. The van der Waals surface area contributed by atoms with Crippen LogP contribution >= 0.6 is 0 Å². The van der Waals surface area contributed by atoms with E-state index in [-0.39, 0.29) is 5.41 Å². The van der Waals surface area contributed by atoms with Gasteiger partial charge in [0.1, 0.15) is 0 Å². The number of hydrogen-bond acceptors (Lipinski definition) is 0. The zero-order chi connectivity index (χ0) is 20.3. The minimum Gasteiger partial charge on any atom is -0.102 e. The molecule has 0 amide bonds. The highest BCUT2D eigenvalue weighted by Gasteiger charge is 2.35. The van der Waals surface area contributed by atoms with Crippen LogP contribution in [0.25, 0.3) is 22.3 Å². The van der Waals surface area contributed by atoms with Gasteiger partial charge in [0.15, 0.2) is 0 Å². The van der Waals surface area contributed by atoms with Crippen molar-refractivity contribution in [1.82, 2.24) is 0 Å². The highest BCUT2D eigenvalue weighted by Crippen LogP contribution is 2.48. The minimum absolute atomic E-state index is 0.235. The third-order valence-electron chi connectivity index (χ3n) is 7.23. The second kappa shape index (κ2) is 6.31. The van der Waals surface area contributed by atoms with E-state index in [4.69, 9.17) is 0 Å². The lowest BCUT2D eigenvalue weighted by molar-refractivity contribution is 0.709. The summed E-state index contributed by atoms with van der Waals surface area (Å²) in [4.78, 5) is 0. The standard InChI is InChI=1S/C30H24/c1-3-30(2,28-16-8-14-24-22-12-6-4-10-20(22)18-26(24)28)29-17-9-15-25-23-13-7-5-11-21(23)19-27(25)29/h3-17H,1,18-19H2,2H3. The lowest BCUT2D eigenvalue weighted by Gasteiger charge is -2.32. The van der Waals surface area contributed by atoms with E-state index in [1.807, 2.05) is 0 Å². The summed E-state index contributed by atoms with van der Waals surface area (Å²) in [6.45, 7) is 6.68. The number of hydrogen-bond donors (Lipinski definition) is 0. The fraction of sp³-hybridized carbons (Fsp3) is 0.133. The SMILES string of the molecule is C=CC(C)(c1cccc2c1Cc1ccccc1-2)c1cccc2c1Cc1ccccc1-2. The summed E-state index contributed by atoms with van der Waals surface area (Å²) in [5.41, 5.74) is 13.8. The van der Waals surface area contributed by atoms with E-state index in [2.05, 4.69) is 105 Å². The van der Waals surface area contributed by atoms with E-state index in [1.165, 1.54) is 55.6 Å². The molecule has 0 unspecified atom stereocenters. The summed E-state index contributed by atoms with van der Waals surface area (Å²) in [6.07, 6.45) is 4.16. The average molecular weight is 385 g/mol.